The summed E-state index contributed by atoms with van der Waals surface area (Å²) in [6.07, 6.45) is 2.23. The molecule has 0 aromatic carbocycles. The van der Waals surface area contributed by atoms with Gasteiger partial charge >= 0.3 is 0 Å². The van der Waals surface area contributed by atoms with Crippen LogP contribution in [0.2, 0.25) is 0 Å². The summed E-state index contributed by atoms with van der Waals surface area (Å²) in [5.41, 5.74) is 2.90. The molecule has 0 saturated carbocycles. The molecular formula is C12H20N4O3. The van der Waals surface area contributed by atoms with Gasteiger partial charge in [0.2, 0.25) is 0 Å². The maximum atomic E-state index is 11.7. The van der Waals surface area contributed by atoms with Crippen LogP contribution in [-0.4, -0.2) is 44.4 Å². The highest BCUT2D eigenvalue weighted by molar-refractivity contribution is 5.93. The lowest BCUT2D eigenvalue weighted by molar-refractivity contribution is 0.0688. The molecule has 7 heteroatoms. The molecule has 0 radical (unpaired) electrons. The Kier molecular flexibility index (Phi) is 7.48. The molecular weight excluding hydrogens is 248 g/mol. The molecule has 1 aromatic rings. The molecule has 1 aromatic heterocycles. The molecule has 4 N–H and O–H groups in total. The van der Waals surface area contributed by atoms with Crippen LogP contribution >= 0.6 is 0 Å². The highest BCUT2D eigenvalue weighted by atomic mass is 16.5. The Hall–Kier alpha value is -1.70. The molecule has 0 aliphatic carbocycles. The monoisotopic (exact) mass is 268 g/mol. The van der Waals surface area contributed by atoms with Crippen LogP contribution in [-0.2, 0) is 9.47 Å². The van der Waals surface area contributed by atoms with Gasteiger partial charge in [0.25, 0.3) is 5.91 Å². The van der Waals surface area contributed by atoms with Crippen molar-refractivity contribution in [3.63, 3.8) is 0 Å². The molecule has 1 heterocycles. The second-order valence-electron chi connectivity index (χ2n) is 3.79. The van der Waals surface area contributed by atoms with Crippen LogP contribution in [0.4, 0.5) is 5.82 Å². The molecule has 0 aliphatic heterocycles. The number of hydrogen-bond donors (Lipinski definition) is 3. The van der Waals surface area contributed by atoms with Crippen molar-refractivity contribution in [2.45, 2.75) is 6.42 Å². The highest BCUT2D eigenvalue weighted by Crippen LogP contribution is 2.03. The zero-order valence-electron chi connectivity index (χ0n) is 11.0. The van der Waals surface area contributed by atoms with Gasteiger partial charge in [0.05, 0.1) is 18.8 Å². The standard InChI is InChI=1S/C12H20N4O3/c1-18-7-8-19-6-2-5-14-12(17)10-3-4-11(16-13)15-9-10/h3-4,9H,2,5-8,13H2,1H3,(H,14,17)(H,15,16). The largest absolute Gasteiger partial charge is 0.382 e. The third-order valence-corrected chi connectivity index (χ3v) is 2.36. The van der Waals surface area contributed by atoms with Crippen molar-refractivity contribution in [1.29, 1.82) is 0 Å². The van der Waals surface area contributed by atoms with Crippen LogP contribution in [0.5, 0.6) is 0 Å². The number of carbonyl (C=O) groups excluding carboxylic acids is 1. The number of rotatable bonds is 9. The fourth-order valence-electron chi connectivity index (χ4n) is 1.34. The van der Waals surface area contributed by atoms with Gasteiger partial charge in [-0.2, -0.15) is 0 Å². The van der Waals surface area contributed by atoms with E-state index in [1.807, 2.05) is 0 Å². The van der Waals surface area contributed by atoms with E-state index in [1.165, 1.54) is 6.20 Å². The summed E-state index contributed by atoms with van der Waals surface area (Å²) in [4.78, 5) is 15.7. The number of amides is 1. The zero-order valence-corrected chi connectivity index (χ0v) is 11.0. The lowest BCUT2D eigenvalue weighted by Gasteiger charge is -2.06. The average Bonchev–Trinajstić information content (AvgIpc) is 2.46. The number of hydrogen-bond acceptors (Lipinski definition) is 6. The molecule has 0 bridgehead atoms. The van der Waals surface area contributed by atoms with Crippen molar-refractivity contribution in [3.8, 4) is 0 Å². The van der Waals surface area contributed by atoms with Crippen LogP contribution in [0.1, 0.15) is 16.8 Å². The Morgan fingerprint density at radius 1 is 1.37 bits per heavy atom. The van der Waals surface area contributed by atoms with Gasteiger partial charge in [-0.05, 0) is 18.6 Å². The summed E-state index contributed by atoms with van der Waals surface area (Å²) >= 11 is 0. The molecule has 106 valence electrons. The summed E-state index contributed by atoms with van der Waals surface area (Å²) in [7, 11) is 1.63. The van der Waals surface area contributed by atoms with Crippen LogP contribution < -0.4 is 16.6 Å². The maximum Gasteiger partial charge on any atom is 0.252 e. The number of anilines is 1. The van der Waals surface area contributed by atoms with E-state index < -0.39 is 0 Å². The molecule has 0 saturated heterocycles. The summed E-state index contributed by atoms with van der Waals surface area (Å²) in [6.45, 7) is 2.31. The summed E-state index contributed by atoms with van der Waals surface area (Å²) < 4.78 is 10.1. The van der Waals surface area contributed by atoms with Crippen molar-refractivity contribution >= 4 is 11.7 Å². The minimum Gasteiger partial charge on any atom is -0.382 e. The summed E-state index contributed by atoms with van der Waals surface area (Å²) in [5, 5.41) is 2.79. The number of nitrogen functional groups attached to an aromatic ring is 1. The summed E-state index contributed by atoms with van der Waals surface area (Å²) in [6, 6.07) is 3.30. The maximum absolute atomic E-state index is 11.7. The second kappa shape index (κ2) is 9.26. The average molecular weight is 268 g/mol. The number of carbonyl (C=O) groups is 1. The SMILES string of the molecule is COCCOCCCNC(=O)c1ccc(NN)nc1. The van der Waals surface area contributed by atoms with Gasteiger partial charge in [-0.15, -0.1) is 0 Å². The number of hydrazine groups is 1. The molecule has 0 unspecified atom stereocenters. The van der Waals surface area contributed by atoms with E-state index in [1.54, 1.807) is 19.2 Å². The lowest BCUT2D eigenvalue weighted by Crippen LogP contribution is -2.25. The molecule has 1 rings (SSSR count). The first-order valence-electron chi connectivity index (χ1n) is 6.05. The van der Waals surface area contributed by atoms with Crippen molar-refractivity contribution in [2.75, 3.05) is 38.9 Å². The van der Waals surface area contributed by atoms with Crippen molar-refractivity contribution in [3.05, 3.63) is 23.9 Å². The number of aromatic nitrogens is 1. The normalized spacial score (nSPS) is 10.2. The third kappa shape index (κ3) is 6.14. The number of nitrogens with one attached hydrogen (secondary N) is 2. The Morgan fingerprint density at radius 3 is 2.84 bits per heavy atom. The van der Waals surface area contributed by atoms with E-state index in [2.05, 4.69) is 15.7 Å². The molecule has 19 heavy (non-hydrogen) atoms. The van der Waals surface area contributed by atoms with Gasteiger partial charge in [-0.25, -0.2) is 10.8 Å². The second-order valence-corrected chi connectivity index (χ2v) is 3.79. The number of pyridine rings is 1. The Balaban J connectivity index is 2.16. The van der Waals surface area contributed by atoms with E-state index in [-0.39, 0.29) is 5.91 Å². The van der Waals surface area contributed by atoms with Crippen molar-refractivity contribution in [2.24, 2.45) is 5.84 Å². The molecule has 0 atom stereocenters. The van der Waals surface area contributed by atoms with Gasteiger partial charge < -0.3 is 20.2 Å². The van der Waals surface area contributed by atoms with E-state index in [0.29, 0.717) is 37.7 Å². The third-order valence-electron chi connectivity index (χ3n) is 2.36. The molecule has 0 fully saturated rings. The Bertz CT molecular complexity index is 370. The first-order chi connectivity index (χ1) is 9.27. The van der Waals surface area contributed by atoms with Crippen LogP contribution in [0.15, 0.2) is 18.3 Å². The number of nitrogens with two attached hydrogens (primary N) is 1. The quantitative estimate of drug-likeness (QED) is 0.335. The topological polar surface area (TPSA) is 98.5 Å². The summed E-state index contributed by atoms with van der Waals surface area (Å²) in [5.74, 6) is 5.55. The first-order valence-corrected chi connectivity index (χ1v) is 6.05. The number of methoxy groups -OCH3 is 1. The van der Waals surface area contributed by atoms with Gasteiger partial charge in [0, 0.05) is 26.5 Å². The van der Waals surface area contributed by atoms with Gasteiger partial charge in [0.15, 0.2) is 0 Å². The van der Waals surface area contributed by atoms with E-state index in [0.717, 1.165) is 6.42 Å². The Morgan fingerprint density at radius 2 is 2.21 bits per heavy atom. The molecule has 1 amide bonds. The molecule has 7 nitrogen and oxygen atoms in total. The van der Waals surface area contributed by atoms with Crippen LogP contribution in [0.3, 0.4) is 0 Å². The Labute approximate surface area is 112 Å². The fraction of sp³-hybridized carbons (Fsp3) is 0.500. The molecule has 0 aliphatic rings. The van der Waals surface area contributed by atoms with E-state index >= 15 is 0 Å². The van der Waals surface area contributed by atoms with Gasteiger partial charge in [0.1, 0.15) is 5.82 Å². The van der Waals surface area contributed by atoms with Gasteiger partial charge in [-0.1, -0.05) is 0 Å². The predicted molar refractivity (Wildman–Crippen MR) is 71.7 cm³/mol. The molecule has 0 spiro atoms. The smallest absolute Gasteiger partial charge is 0.252 e. The van der Waals surface area contributed by atoms with Gasteiger partial charge in [-0.3, -0.25) is 4.79 Å². The van der Waals surface area contributed by atoms with Crippen molar-refractivity contribution < 1.29 is 14.3 Å². The van der Waals surface area contributed by atoms with E-state index in [4.69, 9.17) is 15.3 Å². The van der Waals surface area contributed by atoms with Crippen LogP contribution in [0.25, 0.3) is 0 Å². The minimum atomic E-state index is -0.159. The predicted octanol–water partition coefficient (Wildman–Crippen LogP) is 0.150. The fourth-order valence-corrected chi connectivity index (χ4v) is 1.34. The van der Waals surface area contributed by atoms with Crippen molar-refractivity contribution in [1.82, 2.24) is 10.3 Å². The highest BCUT2D eigenvalue weighted by Gasteiger charge is 2.04. The zero-order chi connectivity index (χ0) is 13.9. The minimum absolute atomic E-state index is 0.159. The lowest BCUT2D eigenvalue weighted by atomic mass is 10.2. The van der Waals surface area contributed by atoms with Crippen LogP contribution in [0, 0.1) is 0 Å². The van der Waals surface area contributed by atoms with E-state index in [9.17, 15) is 4.79 Å². The number of nitrogens with zero attached hydrogens (tertiary/aromatic N) is 1. The first kappa shape index (κ1) is 15.4. The number of ether oxygens (including phenoxy) is 2.